The summed E-state index contributed by atoms with van der Waals surface area (Å²) in [5, 5.41) is 6.63. The number of halogens is 1. The van der Waals surface area contributed by atoms with Gasteiger partial charge in [-0.2, -0.15) is 4.98 Å². The number of carbonyl (C=O) groups excluding carboxylic acids is 1. The van der Waals surface area contributed by atoms with Gasteiger partial charge >= 0.3 is 0 Å². The molecule has 1 amide bonds. The third-order valence-electron chi connectivity index (χ3n) is 6.32. The minimum absolute atomic E-state index is 0.0581. The van der Waals surface area contributed by atoms with Crippen LogP contribution in [-0.4, -0.2) is 47.1 Å². The van der Waals surface area contributed by atoms with E-state index in [4.69, 9.17) is 4.52 Å². The van der Waals surface area contributed by atoms with Gasteiger partial charge in [-0.05, 0) is 36.6 Å². The van der Waals surface area contributed by atoms with Gasteiger partial charge in [-0.15, -0.1) is 0 Å². The zero-order valence-electron chi connectivity index (χ0n) is 19.1. The Labute approximate surface area is 193 Å². The van der Waals surface area contributed by atoms with Gasteiger partial charge in [0.2, 0.25) is 11.8 Å². The van der Waals surface area contributed by atoms with Gasteiger partial charge in [-0.25, -0.2) is 4.39 Å². The number of nitrogens with zero attached hydrogens (tertiary/aromatic N) is 4. The Morgan fingerprint density at radius 1 is 1.09 bits per heavy atom. The number of rotatable bonds is 8. The van der Waals surface area contributed by atoms with E-state index in [9.17, 15) is 9.18 Å². The fourth-order valence-corrected chi connectivity index (χ4v) is 4.41. The molecule has 2 heterocycles. The summed E-state index contributed by atoms with van der Waals surface area (Å²) >= 11 is 0. The molecule has 1 N–H and O–H groups in total. The molecule has 1 aliphatic rings. The van der Waals surface area contributed by atoms with Gasteiger partial charge in [0.25, 0.3) is 0 Å². The van der Waals surface area contributed by atoms with Crippen molar-refractivity contribution < 1.29 is 13.7 Å². The molecule has 0 bridgehead atoms. The molecule has 1 atom stereocenters. The third-order valence-corrected chi connectivity index (χ3v) is 6.32. The highest BCUT2D eigenvalue weighted by molar-refractivity contribution is 5.92. The Balaban J connectivity index is 1.43. The molecule has 7 nitrogen and oxygen atoms in total. The number of amides is 1. The SMILES string of the molecule is CCC(CC)C(=O)Nc1ccc(N2CCN(C(c3ccccc3)c3ncno3)CC2)c(F)c1. The van der Waals surface area contributed by atoms with E-state index in [1.54, 1.807) is 12.1 Å². The highest BCUT2D eigenvalue weighted by atomic mass is 19.1. The summed E-state index contributed by atoms with van der Waals surface area (Å²) in [6.45, 7) is 6.72. The molecule has 4 rings (SSSR count). The largest absolute Gasteiger partial charge is 0.367 e. The van der Waals surface area contributed by atoms with E-state index >= 15 is 0 Å². The van der Waals surface area contributed by atoms with Crippen molar-refractivity contribution in [1.29, 1.82) is 0 Å². The third kappa shape index (κ3) is 5.22. The Bertz CT molecular complexity index is 1030. The van der Waals surface area contributed by atoms with E-state index in [0.717, 1.165) is 18.4 Å². The van der Waals surface area contributed by atoms with E-state index in [1.807, 2.05) is 36.9 Å². The van der Waals surface area contributed by atoms with E-state index in [0.29, 0.717) is 43.4 Å². The van der Waals surface area contributed by atoms with Crippen LogP contribution < -0.4 is 10.2 Å². The minimum atomic E-state index is -0.331. The summed E-state index contributed by atoms with van der Waals surface area (Å²) in [6.07, 6.45) is 2.95. The lowest BCUT2D eigenvalue weighted by Gasteiger charge is -2.39. The first kappa shape index (κ1) is 22.9. The van der Waals surface area contributed by atoms with E-state index in [2.05, 4.69) is 32.5 Å². The summed E-state index contributed by atoms with van der Waals surface area (Å²) in [6, 6.07) is 14.9. The fraction of sp³-hybridized carbons (Fsp3) is 0.400. The van der Waals surface area contributed by atoms with Crippen molar-refractivity contribution in [3.05, 3.63) is 72.1 Å². The van der Waals surface area contributed by atoms with Crippen LogP contribution in [0.25, 0.3) is 0 Å². The first-order valence-electron chi connectivity index (χ1n) is 11.5. The average Bonchev–Trinajstić information content (AvgIpc) is 3.36. The lowest BCUT2D eigenvalue weighted by Crippen LogP contribution is -2.48. The van der Waals surface area contributed by atoms with Gasteiger partial charge in [-0.1, -0.05) is 49.3 Å². The van der Waals surface area contributed by atoms with Crippen molar-refractivity contribution >= 4 is 17.3 Å². The number of hydrogen-bond donors (Lipinski definition) is 1. The Kier molecular flexibility index (Phi) is 7.34. The molecular formula is C25H30FN5O2. The normalized spacial score (nSPS) is 15.6. The summed E-state index contributed by atoms with van der Waals surface area (Å²) in [5.74, 6) is 0.103. The lowest BCUT2D eigenvalue weighted by molar-refractivity contribution is -0.120. The van der Waals surface area contributed by atoms with E-state index in [-0.39, 0.29) is 23.7 Å². The standard InChI is InChI=1S/C25H30FN5O2/c1-3-18(4-2)24(32)29-20-10-11-22(21(26)16-20)30-12-14-31(15-13-30)23(25-27-17-28-33-25)19-8-6-5-7-9-19/h5-11,16-18,23H,3-4,12-15H2,1-2H3,(H,29,32). The molecule has 33 heavy (non-hydrogen) atoms. The predicted molar refractivity (Wildman–Crippen MR) is 125 cm³/mol. The molecule has 2 aromatic carbocycles. The molecule has 0 radical (unpaired) electrons. The van der Waals surface area contributed by atoms with Gasteiger partial charge < -0.3 is 14.7 Å². The summed E-state index contributed by atoms with van der Waals surface area (Å²) in [5.41, 5.74) is 2.12. The van der Waals surface area contributed by atoms with Gasteiger partial charge in [-0.3, -0.25) is 9.69 Å². The molecule has 0 spiro atoms. The maximum Gasteiger partial charge on any atom is 0.248 e. The Morgan fingerprint density at radius 3 is 2.42 bits per heavy atom. The van der Waals surface area contributed by atoms with Crippen LogP contribution in [-0.2, 0) is 4.79 Å². The summed E-state index contributed by atoms with van der Waals surface area (Å²) in [7, 11) is 0. The van der Waals surface area contributed by atoms with E-state index in [1.165, 1.54) is 12.4 Å². The van der Waals surface area contributed by atoms with Crippen molar-refractivity contribution in [3.63, 3.8) is 0 Å². The van der Waals surface area contributed by atoms with Gasteiger partial charge in [0.05, 0.1) is 5.69 Å². The summed E-state index contributed by atoms with van der Waals surface area (Å²) < 4.78 is 20.4. The van der Waals surface area contributed by atoms with Crippen LogP contribution >= 0.6 is 0 Å². The van der Waals surface area contributed by atoms with Crippen LogP contribution in [0.5, 0.6) is 0 Å². The van der Waals surface area contributed by atoms with Gasteiger partial charge in [0, 0.05) is 37.8 Å². The van der Waals surface area contributed by atoms with Crippen LogP contribution in [0.3, 0.4) is 0 Å². The van der Waals surface area contributed by atoms with Crippen molar-refractivity contribution in [2.75, 3.05) is 36.4 Å². The number of benzene rings is 2. The van der Waals surface area contributed by atoms with Crippen molar-refractivity contribution in [2.45, 2.75) is 32.7 Å². The molecule has 1 fully saturated rings. The molecule has 0 saturated carbocycles. The first-order valence-corrected chi connectivity index (χ1v) is 11.5. The maximum absolute atomic E-state index is 15.0. The number of piperazine rings is 1. The topological polar surface area (TPSA) is 74.5 Å². The second-order valence-electron chi connectivity index (χ2n) is 8.28. The molecule has 1 aliphatic heterocycles. The molecule has 1 aromatic heterocycles. The van der Waals surface area contributed by atoms with Crippen LogP contribution in [0.1, 0.15) is 44.2 Å². The highest BCUT2D eigenvalue weighted by Gasteiger charge is 2.30. The maximum atomic E-state index is 15.0. The fourth-order valence-electron chi connectivity index (χ4n) is 4.41. The minimum Gasteiger partial charge on any atom is -0.367 e. The van der Waals surface area contributed by atoms with E-state index < -0.39 is 0 Å². The zero-order chi connectivity index (χ0) is 23.2. The number of hydrogen-bond acceptors (Lipinski definition) is 6. The highest BCUT2D eigenvalue weighted by Crippen LogP contribution is 2.30. The number of carbonyl (C=O) groups is 1. The van der Waals surface area contributed by atoms with Crippen molar-refractivity contribution in [2.24, 2.45) is 5.92 Å². The lowest BCUT2D eigenvalue weighted by atomic mass is 10.0. The number of anilines is 2. The number of aromatic nitrogens is 2. The van der Waals surface area contributed by atoms with Crippen LogP contribution in [0, 0.1) is 11.7 Å². The molecule has 8 heteroatoms. The molecule has 1 saturated heterocycles. The monoisotopic (exact) mass is 451 g/mol. The van der Waals surface area contributed by atoms with Crippen LogP contribution in [0.2, 0.25) is 0 Å². The second kappa shape index (κ2) is 10.6. The summed E-state index contributed by atoms with van der Waals surface area (Å²) in [4.78, 5) is 20.9. The smallest absolute Gasteiger partial charge is 0.248 e. The quantitative estimate of drug-likeness (QED) is 0.544. The first-order chi connectivity index (χ1) is 16.1. The van der Waals surface area contributed by atoms with Crippen molar-refractivity contribution in [3.8, 4) is 0 Å². The average molecular weight is 452 g/mol. The van der Waals surface area contributed by atoms with Gasteiger partial charge in [0.1, 0.15) is 11.9 Å². The Morgan fingerprint density at radius 2 is 1.82 bits per heavy atom. The van der Waals surface area contributed by atoms with Crippen LogP contribution in [0.4, 0.5) is 15.8 Å². The zero-order valence-corrected chi connectivity index (χ0v) is 19.1. The predicted octanol–water partition coefficient (Wildman–Crippen LogP) is 4.50. The molecular weight excluding hydrogens is 421 g/mol. The second-order valence-corrected chi connectivity index (χ2v) is 8.28. The van der Waals surface area contributed by atoms with Gasteiger partial charge in [0.15, 0.2) is 6.33 Å². The number of nitrogens with one attached hydrogen (secondary N) is 1. The Hall–Kier alpha value is -3.26. The molecule has 174 valence electrons. The van der Waals surface area contributed by atoms with Crippen molar-refractivity contribution in [1.82, 2.24) is 15.0 Å². The molecule has 1 unspecified atom stereocenters. The van der Waals surface area contributed by atoms with Crippen LogP contribution in [0.15, 0.2) is 59.4 Å². The molecule has 0 aliphatic carbocycles. The molecule has 3 aromatic rings.